The van der Waals surface area contributed by atoms with Crippen LogP contribution < -0.4 is 5.32 Å². The maximum absolute atomic E-state index is 5.79. The summed E-state index contributed by atoms with van der Waals surface area (Å²) in [5, 5.41) is 3.66. The first-order valence-electron chi connectivity index (χ1n) is 7.79. The molecule has 1 aliphatic carbocycles. The zero-order valence-corrected chi connectivity index (χ0v) is 12.7. The zero-order valence-electron chi connectivity index (χ0n) is 11.9. The van der Waals surface area contributed by atoms with E-state index in [1.54, 1.807) is 10.4 Å². The van der Waals surface area contributed by atoms with E-state index >= 15 is 0 Å². The maximum Gasteiger partial charge on any atom is 0.0699 e. The van der Waals surface area contributed by atoms with Gasteiger partial charge in [0.05, 0.1) is 6.10 Å². The second-order valence-corrected chi connectivity index (χ2v) is 7.09. The van der Waals surface area contributed by atoms with Crippen molar-refractivity contribution < 1.29 is 4.74 Å². The van der Waals surface area contributed by atoms with Crippen LogP contribution >= 0.6 is 11.3 Å². The molecule has 1 fully saturated rings. The first-order chi connectivity index (χ1) is 9.33. The molecule has 0 radical (unpaired) electrons. The highest BCUT2D eigenvalue weighted by atomic mass is 32.1. The molecule has 2 atom stereocenters. The lowest BCUT2D eigenvalue weighted by Gasteiger charge is -2.24. The van der Waals surface area contributed by atoms with Crippen LogP contribution in [0, 0.1) is 0 Å². The molecule has 3 heteroatoms. The first-order valence-corrected chi connectivity index (χ1v) is 8.61. The van der Waals surface area contributed by atoms with Gasteiger partial charge in [0.25, 0.3) is 0 Å². The highest BCUT2D eigenvalue weighted by Gasteiger charge is 2.18. The average molecular weight is 279 g/mol. The predicted molar refractivity (Wildman–Crippen MR) is 81.0 cm³/mol. The third kappa shape index (κ3) is 3.39. The summed E-state index contributed by atoms with van der Waals surface area (Å²) in [7, 11) is 0. The van der Waals surface area contributed by atoms with E-state index in [1.807, 2.05) is 11.3 Å². The van der Waals surface area contributed by atoms with Gasteiger partial charge in [-0.3, -0.25) is 0 Å². The van der Waals surface area contributed by atoms with E-state index in [2.05, 4.69) is 18.3 Å². The van der Waals surface area contributed by atoms with Crippen molar-refractivity contribution in [2.75, 3.05) is 13.2 Å². The number of ether oxygens (including phenoxy) is 1. The number of aryl methyl sites for hydroxylation is 2. The normalized spacial score (nSPS) is 25.0. The molecule has 0 aromatic carbocycles. The Labute approximate surface area is 120 Å². The largest absolute Gasteiger partial charge is 0.377 e. The average Bonchev–Trinajstić information content (AvgIpc) is 2.90. The highest BCUT2D eigenvalue weighted by Crippen LogP contribution is 2.32. The lowest BCUT2D eigenvalue weighted by molar-refractivity contribution is 0.0157. The fourth-order valence-electron chi connectivity index (χ4n) is 3.10. The fourth-order valence-corrected chi connectivity index (χ4v) is 4.39. The van der Waals surface area contributed by atoms with Gasteiger partial charge < -0.3 is 10.1 Å². The molecule has 19 heavy (non-hydrogen) atoms. The van der Waals surface area contributed by atoms with Gasteiger partial charge in [-0.1, -0.05) is 0 Å². The molecular formula is C16H25NOS. The van der Waals surface area contributed by atoms with Gasteiger partial charge in [-0.25, -0.2) is 0 Å². The highest BCUT2D eigenvalue weighted by molar-refractivity contribution is 7.12. The Morgan fingerprint density at radius 2 is 2.21 bits per heavy atom. The summed E-state index contributed by atoms with van der Waals surface area (Å²) in [6.07, 6.45) is 9.58. The summed E-state index contributed by atoms with van der Waals surface area (Å²) in [5.41, 5.74) is 1.62. The number of hydrogen-bond donors (Lipinski definition) is 1. The van der Waals surface area contributed by atoms with Gasteiger partial charge in [-0.15, -0.1) is 11.3 Å². The molecule has 2 nitrogen and oxygen atoms in total. The van der Waals surface area contributed by atoms with Crippen LogP contribution in [0.2, 0.25) is 0 Å². The van der Waals surface area contributed by atoms with Crippen molar-refractivity contribution in [1.82, 2.24) is 5.32 Å². The lowest BCUT2D eigenvalue weighted by Crippen LogP contribution is -2.33. The van der Waals surface area contributed by atoms with Gasteiger partial charge in [0.2, 0.25) is 0 Å². The van der Waals surface area contributed by atoms with E-state index in [9.17, 15) is 0 Å². The number of fused-ring (bicyclic) bond motifs is 1. The smallest absolute Gasteiger partial charge is 0.0699 e. The van der Waals surface area contributed by atoms with Crippen molar-refractivity contribution in [2.24, 2.45) is 0 Å². The predicted octanol–water partition coefficient (Wildman–Crippen LogP) is 3.85. The van der Waals surface area contributed by atoms with Gasteiger partial charge in [-0.05, 0) is 63.5 Å². The molecule has 2 unspecified atom stereocenters. The van der Waals surface area contributed by atoms with E-state index in [1.165, 1.54) is 49.8 Å². The fraction of sp³-hybridized carbons (Fsp3) is 0.750. The third-order valence-electron chi connectivity index (χ3n) is 4.37. The van der Waals surface area contributed by atoms with Crippen LogP contribution in [0.5, 0.6) is 0 Å². The van der Waals surface area contributed by atoms with Gasteiger partial charge in [0, 0.05) is 28.9 Å². The lowest BCUT2D eigenvalue weighted by atomic mass is 9.99. The minimum atomic E-state index is 0.436. The molecule has 106 valence electrons. The SMILES string of the molecule is CC(NCC1CCCCO1)c1cc2c(s1)CCCC2. The van der Waals surface area contributed by atoms with Crippen molar-refractivity contribution in [2.45, 2.75) is 64.0 Å². The van der Waals surface area contributed by atoms with E-state index in [-0.39, 0.29) is 0 Å². The Morgan fingerprint density at radius 1 is 1.32 bits per heavy atom. The second kappa shape index (κ2) is 6.38. The Kier molecular flexibility index (Phi) is 4.57. The van der Waals surface area contributed by atoms with Gasteiger partial charge in [-0.2, -0.15) is 0 Å². The summed E-state index contributed by atoms with van der Waals surface area (Å²) >= 11 is 2.03. The number of hydrogen-bond acceptors (Lipinski definition) is 3. The molecule has 2 heterocycles. The maximum atomic E-state index is 5.79. The topological polar surface area (TPSA) is 21.3 Å². The third-order valence-corrected chi connectivity index (χ3v) is 5.79. The van der Waals surface area contributed by atoms with Crippen LogP contribution in [-0.2, 0) is 17.6 Å². The van der Waals surface area contributed by atoms with Crippen LogP contribution in [0.3, 0.4) is 0 Å². The summed E-state index contributed by atoms with van der Waals surface area (Å²) in [5.74, 6) is 0. The summed E-state index contributed by atoms with van der Waals surface area (Å²) in [6.45, 7) is 4.25. The van der Waals surface area contributed by atoms with Crippen LogP contribution in [0.15, 0.2) is 6.07 Å². The molecule has 1 aromatic heterocycles. The second-order valence-electron chi connectivity index (χ2n) is 5.92. The quantitative estimate of drug-likeness (QED) is 0.904. The van der Waals surface area contributed by atoms with E-state index < -0.39 is 0 Å². The summed E-state index contributed by atoms with van der Waals surface area (Å²) in [4.78, 5) is 3.16. The monoisotopic (exact) mass is 279 g/mol. The van der Waals surface area contributed by atoms with E-state index in [0.717, 1.165) is 13.2 Å². The van der Waals surface area contributed by atoms with Crippen molar-refractivity contribution in [3.63, 3.8) is 0 Å². The first kappa shape index (κ1) is 13.6. The Balaban J connectivity index is 1.54. The van der Waals surface area contributed by atoms with Crippen LogP contribution in [-0.4, -0.2) is 19.3 Å². The molecule has 0 saturated carbocycles. The molecule has 1 aliphatic heterocycles. The number of rotatable bonds is 4. The molecule has 0 bridgehead atoms. The minimum Gasteiger partial charge on any atom is -0.377 e. The van der Waals surface area contributed by atoms with Crippen molar-refractivity contribution >= 4 is 11.3 Å². The van der Waals surface area contributed by atoms with E-state index in [0.29, 0.717) is 12.1 Å². The van der Waals surface area contributed by atoms with Crippen LogP contribution in [0.4, 0.5) is 0 Å². The van der Waals surface area contributed by atoms with Gasteiger partial charge in [0.15, 0.2) is 0 Å². The number of thiophene rings is 1. The molecule has 2 aliphatic rings. The molecule has 0 amide bonds. The molecule has 1 N–H and O–H groups in total. The molecule has 1 saturated heterocycles. The molecule has 1 aromatic rings. The van der Waals surface area contributed by atoms with Gasteiger partial charge >= 0.3 is 0 Å². The molecule has 3 rings (SSSR count). The Bertz CT molecular complexity index is 385. The number of nitrogens with one attached hydrogen (secondary N) is 1. The zero-order chi connectivity index (χ0) is 13.1. The van der Waals surface area contributed by atoms with Gasteiger partial charge in [0.1, 0.15) is 0 Å². The molecular weight excluding hydrogens is 254 g/mol. The minimum absolute atomic E-state index is 0.436. The van der Waals surface area contributed by atoms with Crippen molar-refractivity contribution in [1.29, 1.82) is 0 Å². The van der Waals surface area contributed by atoms with E-state index in [4.69, 9.17) is 4.74 Å². The standard InChI is InChI=1S/C16H25NOS/c1-12(17-11-14-7-4-5-9-18-14)16-10-13-6-2-3-8-15(13)19-16/h10,12,14,17H,2-9,11H2,1H3. The van der Waals surface area contributed by atoms with Crippen molar-refractivity contribution in [3.8, 4) is 0 Å². The summed E-state index contributed by atoms with van der Waals surface area (Å²) in [6, 6.07) is 2.92. The molecule has 0 spiro atoms. The van der Waals surface area contributed by atoms with Crippen molar-refractivity contribution in [3.05, 3.63) is 21.4 Å². The Hall–Kier alpha value is -0.380. The Morgan fingerprint density at radius 3 is 3.00 bits per heavy atom. The van der Waals surface area contributed by atoms with Crippen LogP contribution in [0.1, 0.15) is 60.4 Å². The van der Waals surface area contributed by atoms with Crippen LogP contribution in [0.25, 0.3) is 0 Å². The summed E-state index contributed by atoms with van der Waals surface area (Å²) < 4.78 is 5.79.